The molecule has 0 atom stereocenters. The lowest BCUT2D eigenvalue weighted by Gasteiger charge is -2.10. The topological polar surface area (TPSA) is 42.2 Å². The summed E-state index contributed by atoms with van der Waals surface area (Å²) >= 11 is 0. The third kappa shape index (κ3) is 4.30. The molecule has 0 heterocycles. The second-order valence-corrected chi connectivity index (χ2v) is 1.77. The highest BCUT2D eigenvalue weighted by atomic mass is 16.7. The molecule has 0 unspecified atom stereocenters. The second kappa shape index (κ2) is 6.53. The van der Waals surface area contributed by atoms with Crippen molar-refractivity contribution in [2.75, 3.05) is 14.2 Å². The second-order valence-electron chi connectivity index (χ2n) is 1.77. The predicted molar refractivity (Wildman–Crippen MR) is 37.0 cm³/mol. The highest BCUT2D eigenvalue weighted by Crippen LogP contribution is 2.01. The summed E-state index contributed by atoms with van der Waals surface area (Å²) in [4.78, 5) is 0. The van der Waals surface area contributed by atoms with E-state index in [-0.39, 0.29) is 6.29 Å². The fourth-order valence-electron chi connectivity index (χ4n) is 0.573. The Morgan fingerprint density at radius 3 is 2.50 bits per heavy atom. The van der Waals surface area contributed by atoms with Crippen LogP contribution in [0.25, 0.3) is 0 Å². The van der Waals surface area contributed by atoms with Gasteiger partial charge >= 0.3 is 0 Å². The Kier molecular flexibility index (Phi) is 6.14. The summed E-state index contributed by atoms with van der Waals surface area (Å²) in [7, 11) is 3.13. The van der Waals surface area contributed by atoms with Crippen LogP contribution in [0.1, 0.15) is 12.8 Å². The number of nitriles is 1. The molecular formula is C7H12NO2. The van der Waals surface area contributed by atoms with Gasteiger partial charge in [-0.3, -0.25) is 0 Å². The number of nitrogens with zero attached hydrogens (tertiary/aromatic N) is 1. The summed E-state index contributed by atoms with van der Waals surface area (Å²) in [6.45, 7) is 0. The van der Waals surface area contributed by atoms with E-state index in [0.29, 0.717) is 12.8 Å². The average molecular weight is 142 g/mol. The van der Waals surface area contributed by atoms with E-state index in [1.54, 1.807) is 14.2 Å². The summed E-state index contributed by atoms with van der Waals surface area (Å²) in [6, 6.07) is 2.03. The van der Waals surface area contributed by atoms with Crippen LogP contribution in [-0.2, 0) is 9.47 Å². The summed E-state index contributed by atoms with van der Waals surface area (Å²) in [6.07, 6.45) is 2.78. The minimum atomic E-state index is -0.270. The van der Waals surface area contributed by atoms with Crippen molar-refractivity contribution in [3.05, 3.63) is 6.42 Å². The first-order valence-corrected chi connectivity index (χ1v) is 3.11. The molecule has 3 nitrogen and oxygen atoms in total. The van der Waals surface area contributed by atoms with Gasteiger partial charge in [-0.05, 0) is 6.42 Å². The van der Waals surface area contributed by atoms with Gasteiger partial charge in [-0.2, -0.15) is 5.26 Å². The maximum absolute atomic E-state index is 8.17. The molecule has 0 aromatic heterocycles. The molecule has 0 saturated carbocycles. The molecule has 0 bridgehead atoms. The van der Waals surface area contributed by atoms with Crippen molar-refractivity contribution in [3.63, 3.8) is 0 Å². The number of hydrogen-bond acceptors (Lipinski definition) is 3. The molecule has 1 radical (unpaired) electrons. The zero-order chi connectivity index (χ0) is 7.82. The Morgan fingerprint density at radius 1 is 1.50 bits per heavy atom. The van der Waals surface area contributed by atoms with Crippen LogP contribution >= 0.6 is 0 Å². The third-order valence-corrected chi connectivity index (χ3v) is 1.08. The van der Waals surface area contributed by atoms with Gasteiger partial charge in [0.2, 0.25) is 0 Å². The van der Waals surface area contributed by atoms with E-state index in [9.17, 15) is 0 Å². The lowest BCUT2D eigenvalue weighted by Crippen LogP contribution is -2.12. The van der Waals surface area contributed by atoms with Gasteiger partial charge in [0.05, 0.1) is 6.07 Å². The highest BCUT2D eigenvalue weighted by Gasteiger charge is 2.02. The van der Waals surface area contributed by atoms with E-state index in [0.717, 1.165) is 0 Å². The molecule has 0 rings (SSSR count). The van der Waals surface area contributed by atoms with Crippen LogP contribution < -0.4 is 0 Å². The summed E-state index contributed by atoms with van der Waals surface area (Å²) in [5, 5.41) is 8.17. The molecule has 0 saturated heterocycles. The summed E-state index contributed by atoms with van der Waals surface area (Å²) in [5.41, 5.74) is 0. The first-order valence-electron chi connectivity index (χ1n) is 3.11. The van der Waals surface area contributed by atoms with Gasteiger partial charge in [0, 0.05) is 27.1 Å². The van der Waals surface area contributed by atoms with Crippen LogP contribution in [0.4, 0.5) is 0 Å². The van der Waals surface area contributed by atoms with Gasteiger partial charge in [-0.25, -0.2) is 0 Å². The minimum absolute atomic E-state index is 0.270. The van der Waals surface area contributed by atoms with Crippen LogP contribution in [0.3, 0.4) is 0 Å². The molecule has 0 aliphatic rings. The predicted octanol–water partition coefficient (Wildman–Crippen LogP) is 1.11. The lowest BCUT2D eigenvalue weighted by molar-refractivity contribution is -0.0795. The number of methoxy groups -OCH3 is 2. The van der Waals surface area contributed by atoms with Crippen molar-refractivity contribution in [1.29, 1.82) is 5.26 Å². The van der Waals surface area contributed by atoms with Crippen molar-refractivity contribution in [1.82, 2.24) is 0 Å². The molecule has 0 fully saturated rings. The third-order valence-electron chi connectivity index (χ3n) is 1.08. The van der Waals surface area contributed by atoms with Gasteiger partial charge in [-0.1, -0.05) is 0 Å². The molecular weight excluding hydrogens is 130 g/mol. The van der Waals surface area contributed by atoms with Crippen molar-refractivity contribution in [2.45, 2.75) is 19.1 Å². The molecule has 0 aliphatic carbocycles. The maximum atomic E-state index is 8.17. The van der Waals surface area contributed by atoms with Crippen molar-refractivity contribution >= 4 is 0 Å². The normalized spacial score (nSPS) is 9.80. The highest BCUT2D eigenvalue weighted by molar-refractivity contribution is 4.77. The van der Waals surface area contributed by atoms with Crippen LogP contribution in [0.15, 0.2) is 0 Å². The molecule has 3 heteroatoms. The van der Waals surface area contributed by atoms with E-state index < -0.39 is 0 Å². The zero-order valence-electron chi connectivity index (χ0n) is 6.33. The molecule has 0 N–H and O–H groups in total. The molecule has 0 spiro atoms. The molecule has 0 aromatic carbocycles. The first kappa shape index (κ1) is 9.41. The molecule has 0 aliphatic heterocycles. The largest absolute Gasteiger partial charge is 0.356 e. The van der Waals surface area contributed by atoms with E-state index in [2.05, 4.69) is 0 Å². The number of ether oxygens (including phenoxy) is 2. The Labute approximate surface area is 61.5 Å². The Bertz CT molecular complexity index is 105. The van der Waals surface area contributed by atoms with Crippen LogP contribution in [0.5, 0.6) is 0 Å². The number of unbranched alkanes of at least 4 members (excludes halogenated alkanes) is 1. The molecule has 57 valence electrons. The average Bonchev–Trinajstić information content (AvgIpc) is 1.99. The lowest BCUT2D eigenvalue weighted by atomic mass is 10.2. The first-order chi connectivity index (χ1) is 4.85. The molecule has 0 aromatic rings. The maximum Gasteiger partial charge on any atom is 0.160 e. The van der Waals surface area contributed by atoms with Crippen molar-refractivity contribution < 1.29 is 9.47 Å². The Hall–Kier alpha value is -0.590. The number of hydrogen-bond donors (Lipinski definition) is 0. The Balaban J connectivity index is 3.19. The summed E-state index contributed by atoms with van der Waals surface area (Å²) in [5.74, 6) is 0. The van der Waals surface area contributed by atoms with Gasteiger partial charge < -0.3 is 9.47 Å². The van der Waals surface area contributed by atoms with Gasteiger partial charge in [0.1, 0.15) is 0 Å². The van der Waals surface area contributed by atoms with E-state index in [1.165, 1.54) is 0 Å². The van der Waals surface area contributed by atoms with Crippen LogP contribution in [0.2, 0.25) is 0 Å². The SMILES string of the molecule is COC([CH]CCC#N)OC. The molecule has 10 heavy (non-hydrogen) atoms. The quantitative estimate of drug-likeness (QED) is 0.426. The van der Waals surface area contributed by atoms with E-state index >= 15 is 0 Å². The Morgan fingerprint density at radius 2 is 2.10 bits per heavy atom. The fraction of sp³-hybridized carbons (Fsp3) is 0.714. The van der Waals surface area contributed by atoms with Crippen molar-refractivity contribution in [3.8, 4) is 6.07 Å². The van der Waals surface area contributed by atoms with E-state index in [1.807, 2.05) is 12.5 Å². The van der Waals surface area contributed by atoms with Crippen LogP contribution in [-0.4, -0.2) is 20.5 Å². The van der Waals surface area contributed by atoms with Crippen LogP contribution in [0, 0.1) is 17.8 Å². The van der Waals surface area contributed by atoms with Gasteiger partial charge in [0.25, 0.3) is 0 Å². The van der Waals surface area contributed by atoms with E-state index in [4.69, 9.17) is 14.7 Å². The molecule has 0 amide bonds. The monoisotopic (exact) mass is 142 g/mol. The van der Waals surface area contributed by atoms with Crippen molar-refractivity contribution in [2.24, 2.45) is 0 Å². The van der Waals surface area contributed by atoms with Gasteiger partial charge in [-0.15, -0.1) is 0 Å². The minimum Gasteiger partial charge on any atom is -0.356 e. The standard InChI is InChI=1S/C7H12NO2/c1-9-7(10-2)5-3-4-6-8/h5,7H,3-4H2,1-2H3. The summed E-state index contributed by atoms with van der Waals surface area (Å²) < 4.78 is 9.72. The fourth-order valence-corrected chi connectivity index (χ4v) is 0.573. The number of rotatable bonds is 5. The van der Waals surface area contributed by atoms with Gasteiger partial charge in [0.15, 0.2) is 6.29 Å². The smallest absolute Gasteiger partial charge is 0.160 e. The zero-order valence-corrected chi connectivity index (χ0v) is 6.33.